The molecule has 1 amide bonds. The average Bonchev–Trinajstić information content (AvgIpc) is 2.86. The number of ether oxygens (including phenoxy) is 2. The molecule has 5 nitrogen and oxygen atoms in total. The minimum absolute atomic E-state index is 0.161. The number of nitrogens with two attached hydrogens (primary N) is 1. The lowest BCUT2D eigenvalue weighted by atomic mass is 10.1. The molecule has 1 aliphatic rings. The molecule has 21 heavy (non-hydrogen) atoms. The molecule has 1 aliphatic heterocycles. The van der Waals surface area contributed by atoms with Gasteiger partial charge in [-0.15, -0.1) is 0 Å². The predicted octanol–water partition coefficient (Wildman–Crippen LogP) is 2.83. The van der Waals surface area contributed by atoms with Gasteiger partial charge in [-0.3, -0.25) is 4.79 Å². The van der Waals surface area contributed by atoms with Crippen molar-refractivity contribution in [2.24, 2.45) is 0 Å². The molecule has 108 valence electrons. The highest BCUT2D eigenvalue weighted by Crippen LogP contribution is 2.38. The van der Waals surface area contributed by atoms with E-state index in [2.05, 4.69) is 5.32 Å². The number of hydrogen-bond acceptors (Lipinski definition) is 4. The van der Waals surface area contributed by atoms with Crippen LogP contribution in [0.1, 0.15) is 5.56 Å². The fourth-order valence-corrected chi connectivity index (χ4v) is 2.31. The first-order valence-corrected chi connectivity index (χ1v) is 6.73. The Balaban J connectivity index is 1.73. The van der Waals surface area contributed by atoms with Crippen LogP contribution in [0.4, 0.5) is 11.4 Å². The van der Waals surface area contributed by atoms with Gasteiger partial charge in [0.2, 0.25) is 12.7 Å². The minimum Gasteiger partial charge on any atom is -0.454 e. The molecule has 0 atom stereocenters. The van der Waals surface area contributed by atoms with Gasteiger partial charge in [0.15, 0.2) is 11.5 Å². The topological polar surface area (TPSA) is 73.6 Å². The van der Waals surface area contributed by atoms with Gasteiger partial charge in [0.1, 0.15) is 0 Å². The number of rotatable bonds is 3. The first kappa shape index (κ1) is 13.6. The molecule has 0 saturated carbocycles. The normalized spacial score (nSPS) is 12.2. The third-order valence-electron chi connectivity index (χ3n) is 3.07. The molecule has 0 fully saturated rings. The van der Waals surface area contributed by atoms with Crippen molar-refractivity contribution in [3.05, 3.63) is 47.0 Å². The molecule has 0 bridgehead atoms. The van der Waals surface area contributed by atoms with Crippen LogP contribution in [-0.2, 0) is 11.2 Å². The number of nitrogens with one attached hydrogen (secondary N) is 1. The molecule has 0 radical (unpaired) electrons. The van der Waals surface area contributed by atoms with E-state index in [4.69, 9.17) is 26.8 Å². The largest absolute Gasteiger partial charge is 0.454 e. The standard InChI is InChI=1S/C15H13ClN2O3/c16-10-3-1-2-9(4-10)5-15(19)18-12-7-14-13(6-11(12)17)20-8-21-14/h1-4,6-7H,5,8,17H2,(H,18,19). The van der Waals surface area contributed by atoms with Gasteiger partial charge in [-0.2, -0.15) is 0 Å². The summed E-state index contributed by atoms with van der Waals surface area (Å²) in [7, 11) is 0. The minimum atomic E-state index is -0.178. The van der Waals surface area contributed by atoms with Crippen LogP contribution >= 0.6 is 11.6 Å². The van der Waals surface area contributed by atoms with Crippen molar-refractivity contribution in [1.82, 2.24) is 0 Å². The monoisotopic (exact) mass is 304 g/mol. The molecule has 2 aromatic carbocycles. The number of nitrogen functional groups attached to an aromatic ring is 1. The SMILES string of the molecule is Nc1cc2c(cc1NC(=O)Cc1cccc(Cl)c1)OCO2. The van der Waals surface area contributed by atoms with Crippen LogP contribution < -0.4 is 20.5 Å². The van der Waals surface area contributed by atoms with Crippen LogP contribution in [0, 0.1) is 0 Å². The summed E-state index contributed by atoms with van der Waals surface area (Å²) in [6.45, 7) is 0.161. The zero-order valence-corrected chi connectivity index (χ0v) is 11.8. The predicted molar refractivity (Wildman–Crippen MR) is 80.8 cm³/mol. The maximum absolute atomic E-state index is 12.1. The number of benzene rings is 2. The Morgan fingerprint density at radius 3 is 2.76 bits per heavy atom. The zero-order chi connectivity index (χ0) is 14.8. The lowest BCUT2D eigenvalue weighted by Gasteiger charge is -2.09. The van der Waals surface area contributed by atoms with Crippen LogP contribution in [0.25, 0.3) is 0 Å². The number of halogens is 1. The van der Waals surface area contributed by atoms with Crippen molar-refractivity contribution in [3.8, 4) is 11.5 Å². The van der Waals surface area contributed by atoms with Crippen molar-refractivity contribution >= 4 is 28.9 Å². The second-order valence-corrected chi connectivity index (χ2v) is 5.08. The van der Waals surface area contributed by atoms with E-state index in [0.29, 0.717) is 27.9 Å². The summed E-state index contributed by atoms with van der Waals surface area (Å²) in [5, 5.41) is 3.37. The summed E-state index contributed by atoms with van der Waals surface area (Å²) in [6.07, 6.45) is 0.217. The fraction of sp³-hybridized carbons (Fsp3) is 0.133. The third kappa shape index (κ3) is 3.03. The highest BCUT2D eigenvalue weighted by molar-refractivity contribution is 6.30. The van der Waals surface area contributed by atoms with Crippen molar-refractivity contribution in [2.45, 2.75) is 6.42 Å². The molecular formula is C15H13ClN2O3. The third-order valence-corrected chi connectivity index (χ3v) is 3.31. The number of carbonyl (C=O) groups is 1. The number of anilines is 2. The highest BCUT2D eigenvalue weighted by atomic mass is 35.5. The summed E-state index contributed by atoms with van der Waals surface area (Å²) in [5.74, 6) is 0.977. The van der Waals surface area contributed by atoms with Crippen LogP contribution in [0.5, 0.6) is 11.5 Å². The summed E-state index contributed by atoms with van der Waals surface area (Å²) in [4.78, 5) is 12.1. The van der Waals surface area contributed by atoms with E-state index in [0.717, 1.165) is 5.56 Å². The van der Waals surface area contributed by atoms with Gasteiger partial charge in [0.25, 0.3) is 0 Å². The first-order valence-electron chi connectivity index (χ1n) is 6.35. The molecule has 3 rings (SSSR count). The molecule has 0 saturated heterocycles. The van der Waals surface area contributed by atoms with Crippen molar-refractivity contribution in [2.75, 3.05) is 17.8 Å². The molecule has 0 spiro atoms. The average molecular weight is 305 g/mol. The summed E-state index contributed by atoms with van der Waals surface area (Å²) in [6, 6.07) is 10.5. The molecule has 0 aromatic heterocycles. The number of amides is 1. The second kappa shape index (κ2) is 5.54. The maximum Gasteiger partial charge on any atom is 0.231 e. The van der Waals surface area contributed by atoms with Crippen LogP contribution in [0.15, 0.2) is 36.4 Å². The smallest absolute Gasteiger partial charge is 0.231 e. The van der Waals surface area contributed by atoms with Crippen LogP contribution in [0.3, 0.4) is 0 Å². The Hall–Kier alpha value is -2.40. The molecule has 1 heterocycles. The van der Waals surface area contributed by atoms with Gasteiger partial charge in [-0.05, 0) is 17.7 Å². The molecule has 0 aliphatic carbocycles. The van der Waals surface area contributed by atoms with Crippen molar-refractivity contribution in [1.29, 1.82) is 0 Å². The summed E-state index contributed by atoms with van der Waals surface area (Å²) < 4.78 is 10.5. The van der Waals surface area contributed by atoms with Gasteiger partial charge in [0.05, 0.1) is 17.8 Å². The molecule has 0 unspecified atom stereocenters. The van der Waals surface area contributed by atoms with E-state index in [1.807, 2.05) is 6.07 Å². The molecule has 2 aromatic rings. The van der Waals surface area contributed by atoms with E-state index in [1.165, 1.54) is 0 Å². The molecular weight excluding hydrogens is 292 g/mol. The summed E-state index contributed by atoms with van der Waals surface area (Å²) in [5.41, 5.74) is 7.66. The number of carbonyl (C=O) groups excluding carboxylic acids is 1. The van der Waals surface area contributed by atoms with E-state index >= 15 is 0 Å². The van der Waals surface area contributed by atoms with Crippen molar-refractivity contribution < 1.29 is 14.3 Å². The Morgan fingerprint density at radius 2 is 2.00 bits per heavy atom. The van der Waals surface area contributed by atoms with Crippen LogP contribution in [-0.4, -0.2) is 12.7 Å². The Labute approximate surface area is 126 Å². The Kier molecular flexibility index (Phi) is 3.58. The van der Waals surface area contributed by atoms with Crippen molar-refractivity contribution in [3.63, 3.8) is 0 Å². The highest BCUT2D eigenvalue weighted by Gasteiger charge is 2.17. The van der Waals surface area contributed by atoms with Gasteiger partial charge in [0, 0.05) is 17.2 Å². The zero-order valence-electron chi connectivity index (χ0n) is 11.1. The van der Waals surface area contributed by atoms with Gasteiger partial charge in [-0.25, -0.2) is 0 Å². The second-order valence-electron chi connectivity index (χ2n) is 4.65. The number of hydrogen-bond donors (Lipinski definition) is 2. The lowest BCUT2D eigenvalue weighted by molar-refractivity contribution is -0.115. The summed E-state index contributed by atoms with van der Waals surface area (Å²) >= 11 is 5.90. The Bertz CT molecular complexity index is 703. The van der Waals surface area contributed by atoms with Gasteiger partial charge in [-0.1, -0.05) is 23.7 Å². The van der Waals surface area contributed by atoms with E-state index in [1.54, 1.807) is 30.3 Å². The lowest BCUT2D eigenvalue weighted by Crippen LogP contribution is -2.15. The van der Waals surface area contributed by atoms with E-state index in [9.17, 15) is 4.79 Å². The van der Waals surface area contributed by atoms with Gasteiger partial charge < -0.3 is 20.5 Å². The number of fused-ring (bicyclic) bond motifs is 1. The fourth-order valence-electron chi connectivity index (χ4n) is 2.09. The molecule has 6 heteroatoms. The first-order chi connectivity index (χ1) is 10.1. The van der Waals surface area contributed by atoms with Gasteiger partial charge >= 0.3 is 0 Å². The molecule has 3 N–H and O–H groups in total. The maximum atomic E-state index is 12.1. The Morgan fingerprint density at radius 1 is 1.24 bits per heavy atom. The van der Waals surface area contributed by atoms with E-state index < -0.39 is 0 Å². The quantitative estimate of drug-likeness (QED) is 0.855. The van der Waals surface area contributed by atoms with E-state index in [-0.39, 0.29) is 19.1 Å². The van der Waals surface area contributed by atoms with Crippen LogP contribution in [0.2, 0.25) is 5.02 Å².